The van der Waals surface area contributed by atoms with E-state index in [9.17, 15) is 4.79 Å². The molecular formula is C12H24N4O3. The number of amides is 1. The fraction of sp³-hybridized carbons (Fsp3) is 0.833. The van der Waals surface area contributed by atoms with Gasteiger partial charge in [-0.3, -0.25) is 4.90 Å². The van der Waals surface area contributed by atoms with Crippen molar-refractivity contribution in [3.8, 4) is 0 Å². The van der Waals surface area contributed by atoms with E-state index in [1.54, 1.807) is 11.9 Å². The van der Waals surface area contributed by atoms with Crippen molar-refractivity contribution in [2.75, 3.05) is 20.1 Å². The highest BCUT2D eigenvalue weighted by Gasteiger charge is 2.37. The lowest BCUT2D eigenvalue weighted by molar-refractivity contribution is -0.00726. The summed E-state index contributed by atoms with van der Waals surface area (Å²) in [7, 11) is 1.73. The monoisotopic (exact) mass is 272 g/mol. The number of rotatable bonds is 3. The van der Waals surface area contributed by atoms with Crippen LogP contribution in [0.3, 0.4) is 0 Å². The minimum atomic E-state index is -0.490. The number of nitrogens with two attached hydrogens (primary N) is 1. The number of nitrogens with zero attached hydrogens (tertiary/aromatic N) is 3. The van der Waals surface area contributed by atoms with Gasteiger partial charge < -0.3 is 20.6 Å². The maximum Gasteiger partial charge on any atom is 0.410 e. The zero-order valence-electron chi connectivity index (χ0n) is 12.3. The quantitative estimate of drug-likeness (QED) is 0.341. The van der Waals surface area contributed by atoms with E-state index < -0.39 is 5.60 Å². The summed E-state index contributed by atoms with van der Waals surface area (Å²) in [5.74, 6) is 0.179. The van der Waals surface area contributed by atoms with Crippen LogP contribution in [-0.2, 0) is 4.74 Å². The molecule has 7 nitrogen and oxygen atoms in total. The Hall–Kier alpha value is -1.50. The molecule has 1 amide bonds. The third kappa shape index (κ3) is 3.99. The molecule has 3 N–H and O–H groups in total. The zero-order valence-corrected chi connectivity index (χ0v) is 12.3. The summed E-state index contributed by atoms with van der Waals surface area (Å²) >= 11 is 0. The van der Waals surface area contributed by atoms with Crippen molar-refractivity contribution in [3.63, 3.8) is 0 Å². The van der Waals surface area contributed by atoms with E-state index in [1.165, 1.54) is 0 Å². The largest absolute Gasteiger partial charge is 0.444 e. The van der Waals surface area contributed by atoms with Gasteiger partial charge in [0.25, 0.3) is 0 Å². The number of hydrogen-bond donors (Lipinski definition) is 2. The number of likely N-dealkylation sites (N-methyl/N-ethyl adjacent to an activating group) is 1. The van der Waals surface area contributed by atoms with Crippen molar-refractivity contribution in [3.05, 3.63) is 0 Å². The van der Waals surface area contributed by atoms with Gasteiger partial charge in [-0.25, -0.2) is 4.79 Å². The predicted octanol–water partition coefficient (Wildman–Crippen LogP) is 0.672. The smallest absolute Gasteiger partial charge is 0.410 e. The number of likely N-dealkylation sites (tertiary alicyclic amines) is 1. The Balaban J connectivity index is 2.44. The van der Waals surface area contributed by atoms with Crippen molar-refractivity contribution < 1.29 is 14.7 Å². The molecule has 0 bridgehead atoms. The second-order valence-corrected chi connectivity index (χ2v) is 5.90. The van der Waals surface area contributed by atoms with Crippen LogP contribution in [0.1, 0.15) is 27.7 Å². The molecule has 7 heteroatoms. The zero-order chi connectivity index (χ0) is 14.8. The van der Waals surface area contributed by atoms with Crippen LogP contribution in [-0.4, -0.2) is 64.8 Å². The lowest BCUT2D eigenvalue weighted by Crippen LogP contribution is -2.64. The molecule has 0 radical (unpaired) electrons. The number of carbonyl (C=O) groups excluding carboxylic acids is 1. The van der Waals surface area contributed by atoms with Crippen LogP contribution < -0.4 is 5.73 Å². The second-order valence-electron chi connectivity index (χ2n) is 5.90. The normalized spacial score (nSPS) is 19.7. The van der Waals surface area contributed by atoms with Crippen LogP contribution in [0.25, 0.3) is 0 Å². The lowest BCUT2D eigenvalue weighted by Gasteiger charge is -2.46. The van der Waals surface area contributed by atoms with Gasteiger partial charge in [0.2, 0.25) is 0 Å². The van der Waals surface area contributed by atoms with Gasteiger partial charge in [0.15, 0.2) is 5.84 Å². The minimum absolute atomic E-state index is 0.101. The van der Waals surface area contributed by atoms with E-state index in [-0.39, 0.29) is 24.0 Å². The number of hydrogen-bond acceptors (Lipinski definition) is 5. The average Bonchev–Trinajstić information content (AvgIpc) is 2.23. The first-order valence-electron chi connectivity index (χ1n) is 6.33. The first kappa shape index (κ1) is 15.6. The summed E-state index contributed by atoms with van der Waals surface area (Å²) in [6, 6.07) is -0.0305. The highest BCUT2D eigenvalue weighted by atomic mass is 16.6. The molecule has 1 aliphatic heterocycles. The first-order chi connectivity index (χ1) is 8.65. The summed E-state index contributed by atoms with van der Waals surface area (Å²) in [5.41, 5.74) is 5.05. The summed E-state index contributed by atoms with van der Waals surface area (Å²) < 4.78 is 5.30. The van der Waals surface area contributed by atoms with Crippen LogP contribution in [0, 0.1) is 0 Å². The Morgan fingerprint density at radius 3 is 2.47 bits per heavy atom. The second kappa shape index (κ2) is 5.64. The molecule has 19 heavy (non-hydrogen) atoms. The number of amidine groups is 1. The van der Waals surface area contributed by atoms with Crippen LogP contribution in [0.5, 0.6) is 0 Å². The average molecular weight is 272 g/mol. The standard InChI is InChI=1S/C12H24N4O3/c1-8(10(13)14-18)16-6-9(7-16)15(5)11(17)19-12(2,3)4/h8-9,18H,6-7H2,1-5H3,(H2,13,14)/t8-/m1/s1. The summed E-state index contributed by atoms with van der Waals surface area (Å²) in [5, 5.41) is 11.6. The van der Waals surface area contributed by atoms with E-state index >= 15 is 0 Å². The van der Waals surface area contributed by atoms with Crippen LogP contribution in [0.15, 0.2) is 5.16 Å². The Labute approximate surface area is 114 Å². The number of carbonyl (C=O) groups is 1. The van der Waals surface area contributed by atoms with Crippen molar-refractivity contribution in [1.82, 2.24) is 9.80 Å². The van der Waals surface area contributed by atoms with E-state index in [0.29, 0.717) is 13.1 Å². The molecule has 0 saturated carbocycles. The molecule has 1 aliphatic rings. The highest BCUT2D eigenvalue weighted by Crippen LogP contribution is 2.19. The van der Waals surface area contributed by atoms with Crippen molar-refractivity contribution in [2.24, 2.45) is 10.9 Å². The van der Waals surface area contributed by atoms with E-state index in [1.807, 2.05) is 32.6 Å². The van der Waals surface area contributed by atoms with Crippen LogP contribution in [0.2, 0.25) is 0 Å². The molecular weight excluding hydrogens is 248 g/mol. The predicted molar refractivity (Wildman–Crippen MR) is 72.2 cm³/mol. The van der Waals surface area contributed by atoms with Crippen LogP contribution >= 0.6 is 0 Å². The van der Waals surface area contributed by atoms with Gasteiger partial charge in [0, 0.05) is 20.1 Å². The molecule has 0 aliphatic carbocycles. The van der Waals surface area contributed by atoms with Crippen molar-refractivity contribution in [2.45, 2.75) is 45.4 Å². The number of ether oxygens (including phenoxy) is 1. The number of oxime groups is 1. The molecule has 0 aromatic rings. The fourth-order valence-corrected chi connectivity index (χ4v) is 1.80. The molecule has 0 aromatic heterocycles. The van der Waals surface area contributed by atoms with E-state index in [0.717, 1.165) is 0 Å². The maximum atomic E-state index is 11.9. The molecule has 0 spiro atoms. The third-order valence-corrected chi connectivity index (χ3v) is 3.21. The molecule has 1 rings (SSSR count). The van der Waals surface area contributed by atoms with Gasteiger partial charge >= 0.3 is 6.09 Å². The minimum Gasteiger partial charge on any atom is -0.444 e. The highest BCUT2D eigenvalue weighted by molar-refractivity contribution is 5.84. The Morgan fingerprint density at radius 1 is 1.53 bits per heavy atom. The Morgan fingerprint density at radius 2 is 2.05 bits per heavy atom. The molecule has 1 atom stereocenters. The molecule has 0 unspecified atom stereocenters. The lowest BCUT2D eigenvalue weighted by atomic mass is 10.0. The first-order valence-corrected chi connectivity index (χ1v) is 6.33. The molecule has 1 fully saturated rings. The Kier molecular flexibility index (Phi) is 4.62. The van der Waals surface area contributed by atoms with Gasteiger partial charge in [-0.05, 0) is 27.7 Å². The fourth-order valence-electron chi connectivity index (χ4n) is 1.80. The van der Waals surface area contributed by atoms with Gasteiger partial charge in [-0.1, -0.05) is 5.16 Å². The summed E-state index contributed by atoms with van der Waals surface area (Å²) in [4.78, 5) is 15.5. The third-order valence-electron chi connectivity index (χ3n) is 3.21. The maximum absolute atomic E-state index is 11.9. The Bertz CT molecular complexity index is 358. The molecule has 110 valence electrons. The van der Waals surface area contributed by atoms with Gasteiger partial charge in [0.1, 0.15) is 5.60 Å². The van der Waals surface area contributed by atoms with Gasteiger partial charge in [0.05, 0.1) is 12.1 Å². The van der Waals surface area contributed by atoms with Crippen LogP contribution in [0.4, 0.5) is 4.79 Å². The molecule has 0 aromatic carbocycles. The van der Waals surface area contributed by atoms with E-state index in [4.69, 9.17) is 15.7 Å². The summed E-state index contributed by atoms with van der Waals surface area (Å²) in [6.45, 7) is 8.75. The molecule has 1 saturated heterocycles. The summed E-state index contributed by atoms with van der Waals surface area (Å²) in [6.07, 6.45) is -0.325. The van der Waals surface area contributed by atoms with E-state index in [2.05, 4.69) is 5.16 Å². The SMILES string of the molecule is C[C@H](C(N)=NO)N1CC(N(C)C(=O)OC(C)(C)C)C1. The van der Waals surface area contributed by atoms with Gasteiger partial charge in [-0.2, -0.15) is 0 Å². The van der Waals surface area contributed by atoms with Gasteiger partial charge in [-0.15, -0.1) is 0 Å². The van der Waals surface area contributed by atoms with Crippen molar-refractivity contribution >= 4 is 11.9 Å². The topological polar surface area (TPSA) is 91.4 Å². The molecule has 1 heterocycles. The van der Waals surface area contributed by atoms with Crippen molar-refractivity contribution in [1.29, 1.82) is 0 Å².